The molecule has 9 heteroatoms. The molecule has 2 amide bonds. The summed E-state index contributed by atoms with van der Waals surface area (Å²) in [4.78, 5) is 45.1. The quantitative estimate of drug-likeness (QED) is 0.209. The van der Waals surface area contributed by atoms with Gasteiger partial charge < -0.3 is 20.5 Å². The van der Waals surface area contributed by atoms with Gasteiger partial charge >= 0.3 is 12.1 Å². The van der Waals surface area contributed by atoms with Gasteiger partial charge in [0.2, 0.25) is 5.91 Å². The lowest BCUT2D eigenvalue weighted by molar-refractivity contribution is -0.148. The van der Waals surface area contributed by atoms with Gasteiger partial charge in [0.05, 0.1) is 0 Å². The van der Waals surface area contributed by atoms with Crippen LogP contribution in [0.2, 0.25) is 0 Å². The van der Waals surface area contributed by atoms with Crippen molar-refractivity contribution in [2.24, 2.45) is 0 Å². The molecule has 3 aliphatic rings. The standard InChI is InChI=1S/C40H42N4O5/c45-36(41-40(37(46)47)21-24-44(28-40)26-30-13-5-2-6-14-30)39(19-22-43(23-20-39)25-29-11-3-1-4-12-29)42-38(48)49-27-35-33-17-9-7-15-31(33)32-16-8-10-18-34(32)35/h1-18,35H,19-28H2,(H,41,45)(H,42,48)(H,46,47). The minimum absolute atomic E-state index is 0.116. The Bertz CT molecular complexity index is 1760. The molecular weight excluding hydrogens is 616 g/mol. The number of alkyl carbamates (subject to hydrolysis) is 1. The molecule has 49 heavy (non-hydrogen) atoms. The lowest BCUT2D eigenvalue weighted by atomic mass is 9.84. The van der Waals surface area contributed by atoms with Gasteiger partial charge in [0.15, 0.2) is 5.54 Å². The van der Waals surface area contributed by atoms with Crippen LogP contribution < -0.4 is 10.6 Å². The molecule has 0 bridgehead atoms. The number of carbonyl (C=O) groups is 3. The van der Waals surface area contributed by atoms with Gasteiger partial charge in [-0.1, -0.05) is 109 Å². The molecule has 1 atom stereocenters. The van der Waals surface area contributed by atoms with Crippen molar-refractivity contribution in [2.75, 3.05) is 32.8 Å². The van der Waals surface area contributed by atoms with E-state index < -0.39 is 29.0 Å². The van der Waals surface area contributed by atoms with E-state index in [2.05, 4.69) is 56.8 Å². The maximum absolute atomic E-state index is 14.4. The van der Waals surface area contributed by atoms with Crippen molar-refractivity contribution < 1.29 is 24.2 Å². The molecule has 2 heterocycles. The number of hydrogen-bond donors (Lipinski definition) is 3. The number of amides is 2. The van der Waals surface area contributed by atoms with E-state index in [1.807, 2.05) is 72.8 Å². The number of aliphatic carboxylic acids is 1. The van der Waals surface area contributed by atoms with E-state index in [0.717, 1.165) is 34.4 Å². The zero-order chi connectivity index (χ0) is 33.8. The second-order valence-electron chi connectivity index (χ2n) is 13.6. The molecule has 2 saturated heterocycles. The Morgan fingerprint density at radius 1 is 0.653 bits per heavy atom. The molecular formula is C40H42N4O5. The van der Waals surface area contributed by atoms with Gasteiger partial charge in [-0.2, -0.15) is 0 Å². The fourth-order valence-corrected chi connectivity index (χ4v) is 7.71. The van der Waals surface area contributed by atoms with E-state index in [4.69, 9.17) is 4.74 Å². The molecule has 9 nitrogen and oxygen atoms in total. The largest absolute Gasteiger partial charge is 0.479 e. The maximum atomic E-state index is 14.4. The molecule has 7 rings (SSSR count). The van der Waals surface area contributed by atoms with Crippen LogP contribution in [0.1, 0.15) is 47.4 Å². The molecule has 0 saturated carbocycles. The SMILES string of the molecule is O=C(NC1(C(=O)NC2(C(=O)O)CCN(Cc3ccccc3)C2)CCN(Cc2ccccc2)CC1)OCC1c2ccccc2-c2ccccc21. The summed E-state index contributed by atoms with van der Waals surface area (Å²) in [7, 11) is 0. The molecule has 0 aromatic heterocycles. The van der Waals surface area contributed by atoms with E-state index in [1.54, 1.807) is 0 Å². The lowest BCUT2D eigenvalue weighted by Gasteiger charge is -2.42. The fraction of sp³-hybridized carbons (Fsp3) is 0.325. The van der Waals surface area contributed by atoms with Gasteiger partial charge in [0, 0.05) is 45.2 Å². The van der Waals surface area contributed by atoms with Crippen molar-refractivity contribution in [3.8, 4) is 11.1 Å². The third-order valence-corrected chi connectivity index (χ3v) is 10.4. The first kappa shape index (κ1) is 32.6. The zero-order valence-corrected chi connectivity index (χ0v) is 27.5. The third kappa shape index (κ3) is 6.82. The number of carboxylic acid groups (broad SMARTS) is 1. The fourth-order valence-electron chi connectivity index (χ4n) is 7.71. The van der Waals surface area contributed by atoms with Crippen LogP contribution in [0.4, 0.5) is 4.79 Å². The van der Waals surface area contributed by atoms with E-state index in [0.29, 0.717) is 39.0 Å². The first-order valence-corrected chi connectivity index (χ1v) is 17.1. The Morgan fingerprint density at radius 2 is 1.14 bits per heavy atom. The highest BCUT2D eigenvalue weighted by Crippen LogP contribution is 2.44. The van der Waals surface area contributed by atoms with Gasteiger partial charge in [-0.25, -0.2) is 9.59 Å². The third-order valence-electron chi connectivity index (χ3n) is 10.4. The number of fused-ring (bicyclic) bond motifs is 3. The molecule has 1 unspecified atom stereocenters. The molecule has 252 valence electrons. The number of nitrogens with one attached hydrogen (secondary N) is 2. The second-order valence-corrected chi connectivity index (χ2v) is 13.6. The van der Waals surface area contributed by atoms with Gasteiger partial charge in [0.1, 0.15) is 12.1 Å². The summed E-state index contributed by atoms with van der Waals surface area (Å²) >= 11 is 0. The molecule has 4 aromatic rings. The van der Waals surface area contributed by atoms with Crippen LogP contribution in [0, 0.1) is 0 Å². The highest BCUT2D eigenvalue weighted by Gasteiger charge is 2.51. The van der Waals surface area contributed by atoms with Crippen molar-refractivity contribution in [3.05, 3.63) is 131 Å². The summed E-state index contributed by atoms with van der Waals surface area (Å²) in [5.74, 6) is -1.68. The number of hydrogen-bond acceptors (Lipinski definition) is 6. The number of rotatable bonds is 10. The summed E-state index contributed by atoms with van der Waals surface area (Å²) in [6.45, 7) is 3.22. The molecule has 1 aliphatic carbocycles. The highest BCUT2D eigenvalue weighted by molar-refractivity contribution is 5.95. The number of likely N-dealkylation sites (tertiary alicyclic amines) is 2. The Balaban J connectivity index is 1.07. The molecule has 2 fully saturated rings. The molecule has 4 aromatic carbocycles. The van der Waals surface area contributed by atoms with Gasteiger partial charge in [-0.3, -0.25) is 14.6 Å². The molecule has 0 spiro atoms. The Labute approximate surface area is 286 Å². The number of piperidine rings is 1. The van der Waals surface area contributed by atoms with Crippen molar-refractivity contribution in [1.82, 2.24) is 20.4 Å². The Kier molecular flexibility index (Phi) is 9.21. The van der Waals surface area contributed by atoms with Crippen molar-refractivity contribution >= 4 is 18.0 Å². The smallest absolute Gasteiger partial charge is 0.408 e. The minimum atomic E-state index is -1.47. The number of benzene rings is 4. The first-order chi connectivity index (χ1) is 23.8. The summed E-state index contributed by atoms with van der Waals surface area (Å²) in [5, 5.41) is 16.4. The topological polar surface area (TPSA) is 111 Å². The predicted octanol–water partition coefficient (Wildman–Crippen LogP) is 5.41. The normalized spacial score (nSPS) is 20.2. The van der Waals surface area contributed by atoms with Crippen LogP contribution in [-0.2, 0) is 27.4 Å². The molecule has 3 N–H and O–H groups in total. The second kappa shape index (κ2) is 13.9. The lowest BCUT2D eigenvalue weighted by Crippen LogP contribution is -2.68. The number of ether oxygens (including phenoxy) is 1. The Morgan fingerprint density at radius 3 is 1.71 bits per heavy atom. The minimum Gasteiger partial charge on any atom is -0.479 e. The summed E-state index contributed by atoms with van der Waals surface area (Å²) in [6.07, 6.45) is 0.218. The number of carbonyl (C=O) groups excluding carboxylic acids is 2. The Hall–Kier alpha value is -4.99. The zero-order valence-electron chi connectivity index (χ0n) is 27.5. The van der Waals surface area contributed by atoms with Crippen LogP contribution in [-0.4, -0.2) is 76.7 Å². The summed E-state index contributed by atoms with van der Waals surface area (Å²) in [5.41, 5.74) is 3.91. The van der Waals surface area contributed by atoms with Gasteiger partial charge in [-0.05, 0) is 52.6 Å². The maximum Gasteiger partial charge on any atom is 0.408 e. The molecule has 2 aliphatic heterocycles. The van der Waals surface area contributed by atoms with Gasteiger partial charge in [-0.15, -0.1) is 0 Å². The van der Waals surface area contributed by atoms with Crippen LogP contribution in [0.15, 0.2) is 109 Å². The van der Waals surface area contributed by atoms with Crippen LogP contribution in [0.25, 0.3) is 11.1 Å². The monoisotopic (exact) mass is 658 g/mol. The number of carboxylic acids is 1. The summed E-state index contributed by atoms with van der Waals surface area (Å²) < 4.78 is 5.90. The van der Waals surface area contributed by atoms with E-state index in [9.17, 15) is 19.5 Å². The summed E-state index contributed by atoms with van der Waals surface area (Å²) in [6, 6.07) is 36.3. The first-order valence-electron chi connectivity index (χ1n) is 17.1. The van der Waals surface area contributed by atoms with Crippen LogP contribution in [0.5, 0.6) is 0 Å². The van der Waals surface area contributed by atoms with Crippen molar-refractivity contribution in [2.45, 2.75) is 49.3 Å². The van der Waals surface area contributed by atoms with E-state index in [-0.39, 0.29) is 25.5 Å². The van der Waals surface area contributed by atoms with Crippen molar-refractivity contribution in [3.63, 3.8) is 0 Å². The predicted molar refractivity (Wildman–Crippen MR) is 187 cm³/mol. The highest BCUT2D eigenvalue weighted by atomic mass is 16.5. The average Bonchev–Trinajstić information content (AvgIpc) is 3.68. The van der Waals surface area contributed by atoms with Crippen LogP contribution >= 0.6 is 0 Å². The van der Waals surface area contributed by atoms with Gasteiger partial charge in [0.25, 0.3) is 0 Å². The van der Waals surface area contributed by atoms with E-state index in [1.165, 1.54) is 5.56 Å². The van der Waals surface area contributed by atoms with Crippen molar-refractivity contribution in [1.29, 1.82) is 0 Å². The average molecular weight is 659 g/mol. The van der Waals surface area contributed by atoms with Crippen LogP contribution in [0.3, 0.4) is 0 Å². The molecule has 0 radical (unpaired) electrons. The number of nitrogens with zero attached hydrogens (tertiary/aromatic N) is 2. The van der Waals surface area contributed by atoms with E-state index >= 15 is 0 Å².